The van der Waals surface area contributed by atoms with Gasteiger partial charge in [-0.25, -0.2) is 10.0 Å². The predicted molar refractivity (Wildman–Crippen MR) is 121 cm³/mol. The molecule has 4 N–H and O–H groups in total. The highest BCUT2D eigenvalue weighted by Gasteiger charge is 2.32. The van der Waals surface area contributed by atoms with E-state index in [4.69, 9.17) is 0 Å². The second kappa shape index (κ2) is 6.83. The largest absolute Gasteiger partial charge is 0.394 e. The summed E-state index contributed by atoms with van der Waals surface area (Å²) in [6.45, 7) is 3.57. The first-order chi connectivity index (χ1) is 14.8. The molecule has 1 amide bonds. The van der Waals surface area contributed by atoms with E-state index in [1.54, 1.807) is 11.9 Å². The van der Waals surface area contributed by atoms with E-state index in [-0.39, 0.29) is 18.6 Å². The summed E-state index contributed by atoms with van der Waals surface area (Å²) in [7, 11) is 3.73. The Balaban J connectivity index is 1.55. The van der Waals surface area contributed by atoms with Gasteiger partial charge in [-0.15, -0.1) is 0 Å². The molecule has 3 aromatic rings. The smallest absolute Gasteiger partial charge is 0.254 e. The number of aliphatic hydroxyl groups excluding tert-OH is 1. The van der Waals surface area contributed by atoms with Crippen LogP contribution >= 0.6 is 0 Å². The lowest BCUT2D eigenvalue weighted by Crippen LogP contribution is -2.47. The number of rotatable bonds is 4. The minimum atomic E-state index is -0.643. The molecule has 2 aromatic heterocycles. The van der Waals surface area contributed by atoms with Gasteiger partial charge < -0.3 is 25.4 Å². The van der Waals surface area contributed by atoms with E-state index in [9.17, 15) is 9.90 Å². The second-order valence-corrected chi connectivity index (χ2v) is 8.83. The molecule has 0 bridgehead atoms. The van der Waals surface area contributed by atoms with Gasteiger partial charge in [0.15, 0.2) is 0 Å². The molecule has 8 heteroatoms. The maximum atomic E-state index is 13.0. The Kier molecular flexibility index (Phi) is 4.32. The molecule has 0 saturated carbocycles. The summed E-state index contributed by atoms with van der Waals surface area (Å²) in [6.07, 6.45) is 5.81. The van der Waals surface area contributed by atoms with Crippen LogP contribution in [0.5, 0.6) is 0 Å². The normalized spacial score (nSPS) is 18.0. The van der Waals surface area contributed by atoms with E-state index in [2.05, 4.69) is 31.5 Å². The average Bonchev–Trinajstić information content (AvgIpc) is 3.47. The first-order valence-corrected chi connectivity index (χ1v) is 10.3. The molecule has 0 radical (unpaired) electrons. The number of aliphatic imine (C=N–C) groups is 1. The Labute approximate surface area is 180 Å². The van der Waals surface area contributed by atoms with Crippen molar-refractivity contribution >= 4 is 28.8 Å². The highest BCUT2D eigenvalue weighted by Crippen LogP contribution is 2.42. The number of nitrogens with one attached hydrogen (secondary N) is 3. The molecule has 0 fully saturated rings. The van der Waals surface area contributed by atoms with E-state index in [0.29, 0.717) is 5.56 Å². The molecule has 0 saturated heterocycles. The molecule has 1 atom stereocenters. The van der Waals surface area contributed by atoms with E-state index < -0.39 is 5.54 Å². The van der Waals surface area contributed by atoms with Gasteiger partial charge in [0.2, 0.25) is 0 Å². The topological polar surface area (TPSA) is 99.8 Å². The fourth-order valence-electron chi connectivity index (χ4n) is 4.16. The first kappa shape index (κ1) is 19.6. The zero-order chi connectivity index (χ0) is 21.9. The number of hydrazine groups is 1. The number of fused-ring (bicyclic) bond motifs is 4. The lowest BCUT2D eigenvalue weighted by molar-refractivity contribution is 0.0473. The van der Waals surface area contributed by atoms with Crippen LogP contribution in [0.15, 0.2) is 47.2 Å². The van der Waals surface area contributed by atoms with Gasteiger partial charge in [-0.1, -0.05) is 0 Å². The Morgan fingerprint density at radius 3 is 2.90 bits per heavy atom. The van der Waals surface area contributed by atoms with Crippen LogP contribution in [-0.4, -0.2) is 63.3 Å². The average molecular weight is 419 g/mol. The molecule has 1 unspecified atom stereocenters. The summed E-state index contributed by atoms with van der Waals surface area (Å²) in [5, 5.41) is 12.6. The molecular weight excluding hydrogens is 392 g/mol. The molecule has 0 aliphatic carbocycles. The van der Waals surface area contributed by atoms with Crippen molar-refractivity contribution in [2.24, 2.45) is 4.99 Å². The Bertz CT molecular complexity index is 1250. The van der Waals surface area contributed by atoms with Gasteiger partial charge in [0.05, 0.1) is 18.2 Å². The van der Waals surface area contributed by atoms with Crippen LogP contribution < -0.4 is 5.43 Å². The molecule has 5 rings (SSSR count). The maximum absolute atomic E-state index is 13.0. The van der Waals surface area contributed by atoms with E-state index in [0.717, 1.165) is 39.1 Å². The molecule has 8 nitrogen and oxygen atoms in total. The lowest BCUT2D eigenvalue weighted by atomic mass is 9.99. The molecule has 1 aromatic carbocycles. The predicted octanol–water partition coefficient (Wildman–Crippen LogP) is 3.10. The van der Waals surface area contributed by atoms with Gasteiger partial charge in [0.25, 0.3) is 5.91 Å². The van der Waals surface area contributed by atoms with E-state index in [1.165, 1.54) is 0 Å². The Hall–Kier alpha value is -3.36. The van der Waals surface area contributed by atoms with Crippen molar-refractivity contribution in [3.8, 4) is 11.3 Å². The molecule has 4 heterocycles. The summed E-state index contributed by atoms with van der Waals surface area (Å²) >= 11 is 0. The van der Waals surface area contributed by atoms with Crippen molar-refractivity contribution in [3.05, 3.63) is 53.4 Å². The van der Waals surface area contributed by atoms with E-state index >= 15 is 0 Å². The van der Waals surface area contributed by atoms with Crippen LogP contribution in [0, 0.1) is 0 Å². The summed E-state index contributed by atoms with van der Waals surface area (Å²) in [6, 6.07) is 7.89. The molecule has 2 aliphatic rings. The van der Waals surface area contributed by atoms with Gasteiger partial charge in [0, 0.05) is 71.6 Å². The molecule has 0 spiro atoms. The van der Waals surface area contributed by atoms with Crippen molar-refractivity contribution in [3.63, 3.8) is 0 Å². The maximum Gasteiger partial charge on any atom is 0.254 e. The quantitative estimate of drug-likeness (QED) is 0.523. The SMILES string of the molecule is CN1NC=C2C=Nc3[nH]c(-c4c[nH]c5ccc(C(=O)N(C)C(C)(C)CO)cc45)cc3C21. The van der Waals surface area contributed by atoms with Crippen LogP contribution in [-0.2, 0) is 0 Å². The van der Waals surface area contributed by atoms with Gasteiger partial charge in [-0.05, 0) is 38.1 Å². The number of H-pyrrole nitrogens is 2. The number of nitrogens with zero attached hydrogens (tertiary/aromatic N) is 3. The number of carbonyl (C=O) groups is 1. The lowest BCUT2D eigenvalue weighted by Gasteiger charge is -2.34. The molecule has 2 aliphatic heterocycles. The second-order valence-electron chi connectivity index (χ2n) is 8.83. The fourth-order valence-corrected chi connectivity index (χ4v) is 4.16. The Morgan fingerprint density at radius 2 is 2.13 bits per heavy atom. The first-order valence-electron chi connectivity index (χ1n) is 10.3. The van der Waals surface area contributed by atoms with Crippen molar-refractivity contribution in [1.29, 1.82) is 0 Å². The van der Waals surface area contributed by atoms with Crippen molar-refractivity contribution in [2.45, 2.75) is 25.4 Å². The van der Waals surface area contributed by atoms with Gasteiger partial charge in [-0.3, -0.25) is 4.79 Å². The highest BCUT2D eigenvalue weighted by molar-refractivity contribution is 6.02. The number of carbonyl (C=O) groups excluding carboxylic acids is 1. The zero-order valence-corrected chi connectivity index (χ0v) is 18.0. The Morgan fingerprint density at radius 1 is 1.32 bits per heavy atom. The van der Waals surface area contributed by atoms with E-state index in [1.807, 2.05) is 57.7 Å². The zero-order valence-electron chi connectivity index (χ0n) is 18.0. The minimum absolute atomic E-state index is 0.109. The summed E-state index contributed by atoms with van der Waals surface area (Å²) in [5.74, 6) is 0.718. The van der Waals surface area contributed by atoms with Gasteiger partial charge in [0.1, 0.15) is 5.82 Å². The number of hydrogen-bond donors (Lipinski definition) is 4. The third kappa shape index (κ3) is 2.98. The number of benzene rings is 1. The number of aromatic nitrogens is 2. The minimum Gasteiger partial charge on any atom is -0.394 e. The molecule has 31 heavy (non-hydrogen) atoms. The summed E-state index contributed by atoms with van der Waals surface area (Å²) < 4.78 is 0. The van der Waals surface area contributed by atoms with Gasteiger partial charge >= 0.3 is 0 Å². The summed E-state index contributed by atoms with van der Waals surface area (Å²) in [5.41, 5.74) is 8.28. The van der Waals surface area contributed by atoms with Gasteiger partial charge in [-0.2, -0.15) is 0 Å². The van der Waals surface area contributed by atoms with Crippen LogP contribution in [0.25, 0.3) is 22.2 Å². The fraction of sp³-hybridized carbons (Fsp3) is 0.304. The number of aliphatic hydroxyl groups is 1. The van der Waals surface area contributed by atoms with Crippen LogP contribution in [0.4, 0.5) is 5.82 Å². The highest BCUT2D eigenvalue weighted by atomic mass is 16.3. The number of aromatic amines is 2. The molecular formula is C23H26N6O2. The van der Waals surface area contributed by atoms with Crippen LogP contribution in [0.3, 0.4) is 0 Å². The van der Waals surface area contributed by atoms with Crippen molar-refractivity contribution in [1.82, 2.24) is 25.3 Å². The third-order valence-electron chi connectivity index (χ3n) is 6.42. The monoisotopic (exact) mass is 418 g/mol. The van der Waals surface area contributed by atoms with Crippen molar-refractivity contribution in [2.75, 3.05) is 20.7 Å². The standard InChI is InChI=1S/C23H26N6O2/c1-23(2,12-30)28(3)22(31)13-5-6-18-15(7-13)17(11-24-18)19-8-16-20-14(10-26-29(20)4)9-25-21(16)27-19/h5-11,20,24,26-27,30H,12H2,1-4H3. The van der Waals surface area contributed by atoms with Crippen molar-refractivity contribution < 1.29 is 9.90 Å². The molecule has 160 valence electrons. The number of hydrogen-bond acceptors (Lipinski definition) is 5. The van der Waals surface area contributed by atoms with Crippen LogP contribution in [0.2, 0.25) is 0 Å². The van der Waals surface area contributed by atoms with Crippen LogP contribution in [0.1, 0.15) is 35.8 Å². The third-order valence-corrected chi connectivity index (χ3v) is 6.42. The number of amides is 1. The summed E-state index contributed by atoms with van der Waals surface area (Å²) in [4.78, 5) is 25.9. The number of likely N-dealkylation sites (N-methyl/N-ethyl adjacent to an activating group) is 2.